The Morgan fingerprint density at radius 1 is 1.24 bits per heavy atom. The second-order valence-corrected chi connectivity index (χ2v) is 4.36. The predicted molar refractivity (Wildman–Crippen MR) is 71.0 cm³/mol. The minimum atomic E-state index is -0.244. The lowest BCUT2D eigenvalue weighted by Gasteiger charge is -2.23. The van der Waals surface area contributed by atoms with E-state index in [-0.39, 0.29) is 5.82 Å². The SMILES string of the molecule is CCN(c1ccccc1F)c1ncccc1Br. The maximum atomic E-state index is 13.8. The van der Waals surface area contributed by atoms with Crippen LogP contribution in [0, 0.1) is 5.82 Å². The Balaban J connectivity index is 2.48. The molecule has 0 fully saturated rings. The molecule has 0 saturated carbocycles. The number of para-hydroxylation sites is 1. The van der Waals surface area contributed by atoms with E-state index in [1.165, 1.54) is 6.07 Å². The number of pyridine rings is 1. The predicted octanol–water partition coefficient (Wildman–Crippen LogP) is 4.14. The van der Waals surface area contributed by atoms with Gasteiger partial charge in [-0.25, -0.2) is 9.37 Å². The van der Waals surface area contributed by atoms with E-state index in [4.69, 9.17) is 0 Å². The van der Waals surface area contributed by atoms with E-state index >= 15 is 0 Å². The second-order valence-electron chi connectivity index (χ2n) is 3.50. The van der Waals surface area contributed by atoms with Gasteiger partial charge in [0, 0.05) is 12.7 Å². The molecule has 2 nitrogen and oxygen atoms in total. The van der Waals surface area contributed by atoms with E-state index in [1.54, 1.807) is 18.3 Å². The second kappa shape index (κ2) is 5.27. The van der Waals surface area contributed by atoms with Crippen molar-refractivity contribution in [3.8, 4) is 0 Å². The Morgan fingerprint density at radius 3 is 2.65 bits per heavy atom. The number of halogens is 2. The van der Waals surface area contributed by atoms with Crippen LogP contribution in [0.3, 0.4) is 0 Å². The maximum Gasteiger partial charge on any atom is 0.147 e. The van der Waals surface area contributed by atoms with Gasteiger partial charge < -0.3 is 4.90 Å². The van der Waals surface area contributed by atoms with Crippen LogP contribution in [0.15, 0.2) is 47.1 Å². The number of anilines is 2. The maximum absolute atomic E-state index is 13.8. The van der Waals surface area contributed by atoms with Crippen molar-refractivity contribution < 1.29 is 4.39 Å². The van der Waals surface area contributed by atoms with Gasteiger partial charge in [0.05, 0.1) is 10.2 Å². The molecule has 0 saturated heterocycles. The first-order chi connectivity index (χ1) is 8.24. The third-order valence-electron chi connectivity index (χ3n) is 2.45. The normalized spacial score (nSPS) is 10.3. The highest BCUT2D eigenvalue weighted by atomic mass is 79.9. The molecule has 17 heavy (non-hydrogen) atoms. The summed E-state index contributed by atoms with van der Waals surface area (Å²) in [5.41, 5.74) is 0.536. The van der Waals surface area contributed by atoms with Crippen LogP contribution >= 0.6 is 15.9 Å². The van der Waals surface area contributed by atoms with Gasteiger partial charge in [-0.2, -0.15) is 0 Å². The van der Waals surface area contributed by atoms with Gasteiger partial charge in [0.2, 0.25) is 0 Å². The van der Waals surface area contributed by atoms with Gasteiger partial charge in [-0.3, -0.25) is 0 Å². The highest BCUT2D eigenvalue weighted by Crippen LogP contribution is 2.30. The molecule has 0 bridgehead atoms. The molecule has 0 aliphatic rings. The van der Waals surface area contributed by atoms with E-state index in [0.717, 1.165) is 10.3 Å². The summed E-state index contributed by atoms with van der Waals surface area (Å²) in [5.74, 6) is 0.479. The lowest BCUT2D eigenvalue weighted by atomic mass is 10.2. The number of nitrogens with zero attached hydrogens (tertiary/aromatic N) is 2. The Morgan fingerprint density at radius 2 is 2.00 bits per heavy atom. The molecule has 2 aromatic rings. The summed E-state index contributed by atoms with van der Waals surface area (Å²) < 4.78 is 14.6. The van der Waals surface area contributed by atoms with Gasteiger partial charge in [0.25, 0.3) is 0 Å². The van der Waals surface area contributed by atoms with Gasteiger partial charge in [0.1, 0.15) is 11.6 Å². The zero-order valence-electron chi connectivity index (χ0n) is 9.40. The molecule has 1 aromatic heterocycles. The number of aromatic nitrogens is 1. The highest BCUT2D eigenvalue weighted by molar-refractivity contribution is 9.10. The zero-order chi connectivity index (χ0) is 12.3. The molecule has 0 amide bonds. The molecule has 1 aromatic carbocycles. The molecule has 0 spiro atoms. The monoisotopic (exact) mass is 294 g/mol. The summed E-state index contributed by atoms with van der Waals surface area (Å²) in [6, 6.07) is 10.4. The Hall–Kier alpha value is -1.42. The van der Waals surface area contributed by atoms with E-state index < -0.39 is 0 Å². The molecule has 1 heterocycles. The average Bonchev–Trinajstić information content (AvgIpc) is 2.34. The first kappa shape index (κ1) is 12.0. The minimum Gasteiger partial charge on any atom is -0.323 e. The van der Waals surface area contributed by atoms with E-state index in [1.807, 2.05) is 30.0 Å². The van der Waals surface area contributed by atoms with Crippen LogP contribution in [0.5, 0.6) is 0 Å². The van der Waals surface area contributed by atoms with Crippen LogP contribution in [0.1, 0.15) is 6.92 Å². The molecule has 0 atom stereocenters. The Labute approximate surface area is 108 Å². The summed E-state index contributed by atoms with van der Waals surface area (Å²) in [5, 5.41) is 0. The number of rotatable bonds is 3. The van der Waals surface area contributed by atoms with Gasteiger partial charge in [-0.05, 0) is 47.1 Å². The summed E-state index contributed by atoms with van der Waals surface area (Å²) in [6.07, 6.45) is 1.70. The summed E-state index contributed by atoms with van der Waals surface area (Å²) >= 11 is 3.43. The average molecular weight is 295 g/mol. The zero-order valence-corrected chi connectivity index (χ0v) is 11.0. The minimum absolute atomic E-state index is 0.244. The Bertz CT molecular complexity index is 471. The van der Waals surface area contributed by atoms with Gasteiger partial charge in [-0.1, -0.05) is 12.1 Å². The van der Waals surface area contributed by atoms with Crippen molar-refractivity contribution in [1.82, 2.24) is 4.98 Å². The summed E-state index contributed by atoms with van der Waals surface area (Å²) in [6.45, 7) is 2.62. The number of benzene rings is 1. The lowest BCUT2D eigenvalue weighted by molar-refractivity contribution is 0.625. The molecular weight excluding hydrogens is 283 g/mol. The van der Waals surface area contributed by atoms with Gasteiger partial charge in [-0.15, -0.1) is 0 Å². The van der Waals surface area contributed by atoms with Crippen LogP contribution < -0.4 is 4.90 Å². The van der Waals surface area contributed by atoms with Crippen molar-refractivity contribution >= 4 is 27.4 Å². The first-order valence-corrected chi connectivity index (χ1v) is 6.16. The van der Waals surface area contributed by atoms with Crippen LogP contribution in [0.25, 0.3) is 0 Å². The van der Waals surface area contributed by atoms with Crippen molar-refractivity contribution in [3.63, 3.8) is 0 Å². The highest BCUT2D eigenvalue weighted by Gasteiger charge is 2.14. The van der Waals surface area contributed by atoms with Crippen LogP contribution in [0.2, 0.25) is 0 Å². The molecule has 2 rings (SSSR count). The van der Waals surface area contributed by atoms with Crippen LogP contribution in [-0.2, 0) is 0 Å². The molecule has 0 unspecified atom stereocenters. The molecule has 0 aliphatic carbocycles. The summed E-state index contributed by atoms with van der Waals surface area (Å²) in [4.78, 5) is 6.11. The van der Waals surface area contributed by atoms with Crippen molar-refractivity contribution in [1.29, 1.82) is 0 Å². The molecule has 4 heteroatoms. The van der Waals surface area contributed by atoms with Crippen LogP contribution in [0.4, 0.5) is 15.9 Å². The summed E-state index contributed by atoms with van der Waals surface area (Å²) in [7, 11) is 0. The number of hydrogen-bond donors (Lipinski definition) is 0. The third kappa shape index (κ3) is 2.47. The first-order valence-electron chi connectivity index (χ1n) is 5.36. The largest absolute Gasteiger partial charge is 0.323 e. The molecule has 0 N–H and O–H groups in total. The lowest BCUT2D eigenvalue weighted by Crippen LogP contribution is -2.19. The smallest absolute Gasteiger partial charge is 0.147 e. The molecule has 88 valence electrons. The van der Waals surface area contributed by atoms with E-state index in [2.05, 4.69) is 20.9 Å². The molecule has 0 radical (unpaired) electrons. The fraction of sp³-hybridized carbons (Fsp3) is 0.154. The molecular formula is C13H12BrFN2. The van der Waals surface area contributed by atoms with E-state index in [9.17, 15) is 4.39 Å². The van der Waals surface area contributed by atoms with Crippen molar-refractivity contribution in [2.45, 2.75) is 6.92 Å². The quantitative estimate of drug-likeness (QED) is 0.846. The fourth-order valence-electron chi connectivity index (χ4n) is 1.68. The van der Waals surface area contributed by atoms with Crippen molar-refractivity contribution in [3.05, 3.63) is 52.9 Å². The van der Waals surface area contributed by atoms with Crippen molar-refractivity contribution in [2.75, 3.05) is 11.4 Å². The van der Waals surface area contributed by atoms with Gasteiger partial charge in [0.15, 0.2) is 0 Å². The topological polar surface area (TPSA) is 16.1 Å². The van der Waals surface area contributed by atoms with Gasteiger partial charge >= 0.3 is 0 Å². The number of hydrogen-bond acceptors (Lipinski definition) is 2. The fourth-order valence-corrected chi connectivity index (χ4v) is 2.15. The molecule has 0 aliphatic heterocycles. The Kier molecular flexibility index (Phi) is 3.74. The standard InChI is InChI=1S/C13H12BrFN2/c1-2-17(12-8-4-3-7-11(12)15)13-10(14)6-5-9-16-13/h3-9H,2H2,1H3. The van der Waals surface area contributed by atoms with E-state index in [0.29, 0.717) is 12.2 Å². The van der Waals surface area contributed by atoms with Crippen molar-refractivity contribution in [2.24, 2.45) is 0 Å². The third-order valence-corrected chi connectivity index (χ3v) is 3.07. The van der Waals surface area contributed by atoms with Crippen LogP contribution in [-0.4, -0.2) is 11.5 Å².